The average molecular weight is 350 g/mol. The predicted molar refractivity (Wildman–Crippen MR) is 103 cm³/mol. The van der Waals surface area contributed by atoms with Gasteiger partial charge in [0.25, 0.3) is 0 Å². The number of aromatic nitrogens is 1. The Morgan fingerprint density at radius 1 is 1.12 bits per heavy atom. The summed E-state index contributed by atoms with van der Waals surface area (Å²) in [6, 6.07) is 16.7. The Bertz CT molecular complexity index is 836. The van der Waals surface area contributed by atoms with E-state index in [2.05, 4.69) is 46.5 Å². The molecule has 4 nitrogen and oxygen atoms in total. The highest BCUT2D eigenvalue weighted by molar-refractivity contribution is 5.80. The van der Waals surface area contributed by atoms with Crippen LogP contribution >= 0.6 is 0 Å². The summed E-state index contributed by atoms with van der Waals surface area (Å²) in [6.07, 6.45) is 4.72. The topological polar surface area (TPSA) is 38.5 Å². The molecule has 0 saturated carbocycles. The van der Waals surface area contributed by atoms with Gasteiger partial charge in [-0.05, 0) is 62.4 Å². The van der Waals surface area contributed by atoms with Crippen LogP contribution in [0.5, 0.6) is 5.75 Å². The Morgan fingerprint density at radius 3 is 2.69 bits per heavy atom. The van der Waals surface area contributed by atoms with Crippen LogP contribution < -0.4 is 4.74 Å². The van der Waals surface area contributed by atoms with Crippen LogP contribution in [0, 0.1) is 5.92 Å². The number of rotatable bonds is 6. The Kier molecular flexibility index (Phi) is 5.21. The number of likely N-dealkylation sites (tertiary alicyclic amines) is 1. The zero-order chi connectivity index (χ0) is 17.8. The Hall–Kier alpha value is -2.33. The molecule has 0 aliphatic carbocycles. The number of aryl methyl sites for hydroxylation is 1. The lowest BCUT2D eigenvalue weighted by molar-refractivity contribution is 0.172. The van der Waals surface area contributed by atoms with Gasteiger partial charge in [-0.15, -0.1) is 0 Å². The van der Waals surface area contributed by atoms with Gasteiger partial charge in [0.15, 0.2) is 5.58 Å². The van der Waals surface area contributed by atoms with Gasteiger partial charge in [-0.25, -0.2) is 0 Å². The molecule has 0 atom stereocenters. The van der Waals surface area contributed by atoms with E-state index in [4.69, 9.17) is 9.26 Å². The van der Waals surface area contributed by atoms with Crippen LogP contribution in [-0.2, 0) is 13.0 Å². The van der Waals surface area contributed by atoms with E-state index in [1.807, 2.05) is 12.1 Å². The molecular weight excluding hydrogens is 324 g/mol. The third kappa shape index (κ3) is 3.91. The summed E-state index contributed by atoms with van der Waals surface area (Å²) in [4.78, 5) is 2.57. The van der Waals surface area contributed by atoms with Crippen molar-refractivity contribution in [3.05, 3.63) is 59.8 Å². The first kappa shape index (κ1) is 17.1. The quantitative estimate of drug-likeness (QED) is 0.647. The van der Waals surface area contributed by atoms with E-state index in [0.717, 1.165) is 41.3 Å². The minimum Gasteiger partial charge on any atom is -0.497 e. The van der Waals surface area contributed by atoms with Gasteiger partial charge in [-0.2, -0.15) is 0 Å². The Morgan fingerprint density at radius 2 is 1.92 bits per heavy atom. The van der Waals surface area contributed by atoms with Crippen molar-refractivity contribution in [1.29, 1.82) is 0 Å². The second-order valence-electron chi connectivity index (χ2n) is 7.24. The van der Waals surface area contributed by atoms with Gasteiger partial charge in [0, 0.05) is 18.0 Å². The van der Waals surface area contributed by atoms with Crippen LogP contribution in [0.4, 0.5) is 0 Å². The molecule has 3 aromatic rings. The number of nitrogens with zero attached hydrogens (tertiary/aromatic N) is 2. The van der Waals surface area contributed by atoms with Crippen molar-refractivity contribution in [2.24, 2.45) is 5.92 Å². The number of hydrogen-bond acceptors (Lipinski definition) is 4. The molecule has 0 unspecified atom stereocenters. The normalized spacial score (nSPS) is 16.2. The number of piperidine rings is 1. The van der Waals surface area contributed by atoms with Crippen molar-refractivity contribution < 1.29 is 9.26 Å². The van der Waals surface area contributed by atoms with Crippen LogP contribution in [0.3, 0.4) is 0 Å². The lowest BCUT2D eigenvalue weighted by Crippen LogP contribution is -2.33. The zero-order valence-electron chi connectivity index (χ0n) is 15.4. The summed E-state index contributed by atoms with van der Waals surface area (Å²) in [5.41, 5.74) is 3.31. The molecule has 4 heteroatoms. The molecule has 1 aliphatic rings. The number of hydrogen-bond donors (Lipinski definition) is 0. The second-order valence-corrected chi connectivity index (χ2v) is 7.24. The van der Waals surface area contributed by atoms with Crippen LogP contribution in [-0.4, -0.2) is 30.3 Å². The first-order valence-corrected chi connectivity index (χ1v) is 9.50. The van der Waals surface area contributed by atoms with Crippen molar-refractivity contribution in [2.45, 2.75) is 32.2 Å². The fraction of sp³-hybridized carbons (Fsp3) is 0.409. The largest absolute Gasteiger partial charge is 0.497 e. The van der Waals surface area contributed by atoms with Crippen LogP contribution in [0.25, 0.3) is 11.0 Å². The molecule has 2 aromatic carbocycles. The molecule has 4 rings (SSSR count). The maximum absolute atomic E-state index is 5.48. The summed E-state index contributed by atoms with van der Waals surface area (Å²) in [5, 5.41) is 5.40. The summed E-state index contributed by atoms with van der Waals surface area (Å²) < 4.78 is 10.7. The summed E-state index contributed by atoms with van der Waals surface area (Å²) in [6.45, 7) is 3.45. The standard InChI is InChI=1S/C22H26N2O2/c1-25-19-8-9-20-21(23-26-22(20)15-19)10-7-17-11-13-24(14-12-17)16-18-5-3-2-4-6-18/h2-6,8-9,15,17H,7,10-14,16H2,1H3. The third-order valence-electron chi connectivity index (χ3n) is 5.50. The summed E-state index contributed by atoms with van der Waals surface area (Å²) in [5.74, 6) is 1.60. The minimum atomic E-state index is 0.784. The van der Waals surface area contributed by atoms with E-state index in [1.54, 1.807) is 7.11 Å². The van der Waals surface area contributed by atoms with Crippen LogP contribution in [0.2, 0.25) is 0 Å². The van der Waals surface area contributed by atoms with Crippen molar-refractivity contribution in [3.8, 4) is 5.75 Å². The second kappa shape index (κ2) is 7.92. The van der Waals surface area contributed by atoms with Gasteiger partial charge in [0.05, 0.1) is 12.8 Å². The molecule has 0 radical (unpaired) electrons. The monoisotopic (exact) mass is 350 g/mol. The fourth-order valence-corrected chi connectivity index (χ4v) is 3.89. The number of benzene rings is 2. The molecular formula is C22H26N2O2. The molecule has 0 bridgehead atoms. The fourth-order valence-electron chi connectivity index (χ4n) is 3.89. The predicted octanol–water partition coefficient (Wildman–Crippen LogP) is 4.68. The summed E-state index contributed by atoms with van der Waals surface area (Å²) in [7, 11) is 1.67. The maximum atomic E-state index is 5.48. The smallest absolute Gasteiger partial charge is 0.170 e. The lowest BCUT2D eigenvalue weighted by atomic mass is 9.91. The van der Waals surface area contributed by atoms with Gasteiger partial charge in [0.1, 0.15) is 5.75 Å². The van der Waals surface area contributed by atoms with Gasteiger partial charge in [-0.1, -0.05) is 35.5 Å². The summed E-state index contributed by atoms with van der Waals surface area (Å²) >= 11 is 0. The lowest BCUT2D eigenvalue weighted by Gasteiger charge is -2.31. The molecule has 0 amide bonds. The highest BCUT2D eigenvalue weighted by Crippen LogP contribution is 2.27. The first-order chi connectivity index (χ1) is 12.8. The van der Waals surface area contributed by atoms with Crippen LogP contribution in [0.15, 0.2) is 53.1 Å². The molecule has 1 aliphatic heterocycles. The Labute approximate surface area is 154 Å². The minimum absolute atomic E-state index is 0.784. The molecule has 1 saturated heterocycles. The van der Waals surface area contributed by atoms with E-state index in [9.17, 15) is 0 Å². The van der Waals surface area contributed by atoms with E-state index >= 15 is 0 Å². The Balaban J connectivity index is 1.28. The van der Waals surface area contributed by atoms with E-state index in [1.165, 1.54) is 37.9 Å². The van der Waals surface area contributed by atoms with Crippen molar-refractivity contribution in [2.75, 3.05) is 20.2 Å². The van der Waals surface area contributed by atoms with Crippen molar-refractivity contribution in [3.63, 3.8) is 0 Å². The van der Waals surface area contributed by atoms with Crippen molar-refractivity contribution in [1.82, 2.24) is 10.1 Å². The first-order valence-electron chi connectivity index (χ1n) is 9.50. The zero-order valence-corrected chi connectivity index (χ0v) is 15.4. The van der Waals surface area contributed by atoms with Gasteiger partial charge in [-0.3, -0.25) is 4.90 Å². The number of ether oxygens (including phenoxy) is 1. The van der Waals surface area contributed by atoms with Crippen molar-refractivity contribution >= 4 is 11.0 Å². The number of methoxy groups -OCH3 is 1. The molecule has 1 fully saturated rings. The average Bonchev–Trinajstić information content (AvgIpc) is 3.10. The third-order valence-corrected chi connectivity index (χ3v) is 5.50. The van der Waals surface area contributed by atoms with Gasteiger partial charge < -0.3 is 9.26 Å². The van der Waals surface area contributed by atoms with Gasteiger partial charge >= 0.3 is 0 Å². The molecule has 2 heterocycles. The SMILES string of the molecule is COc1ccc2c(CCC3CCN(Cc4ccccc4)CC3)noc2c1. The van der Waals surface area contributed by atoms with Crippen LogP contribution in [0.1, 0.15) is 30.5 Å². The van der Waals surface area contributed by atoms with E-state index in [0.29, 0.717) is 0 Å². The van der Waals surface area contributed by atoms with E-state index in [-0.39, 0.29) is 0 Å². The molecule has 26 heavy (non-hydrogen) atoms. The van der Waals surface area contributed by atoms with Gasteiger partial charge in [0.2, 0.25) is 0 Å². The highest BCUT2D eigenvalue weighted by atomic mass is 16.5. The van der Waals surface area contributed by atoms with E-state index < -0.39 is 0 Å². The molecule has 136 valence electrons. The molecule has 0 N–H and O–H groups in total. The maximum Gasteiger partial charge on any atom is 0.170 e. The highest BCUT2D eigenvalue weighted by Gasteiger charge is 2.20. The molecule has 0 spiro atoms. The molecule has 1 aromatic heterocycles. The number of fused-ring (bicyclic) bond motifs is 1.